The van der Waals surface area contributed by atoms with Crippen molar-refractivity contribution in [3.8, 4) is 6.07 Å². The summed E-state index contributed by atoms with van der Waals surface area (Å²) in [7, 11) is 3.61. The Balaban J connectivity index is 1.74. The van der Waals surface area contributed by atoms with Gasteiger partial charge in [-0.3, -0.25) is 4.79 Å². The van der Waals surface area contributed by atoms with E-state index in [0.29, 0.717) is 34.3 Å². The van der Waals surface area contributed by atoms with E-state index in [4.69, 9.17) is 16.9 Å². The predicted octanol–water partition coefficient (Wildman–Crippen LogP) is 3.73. The Morgan fingerprint density at radius 3 is 2.86 bits per heavy atom. The van der Waals surface area contributed by atoms with Crippen molar-refractivity contribution in [1.82, 2.24) is 15.0 Å². The van der Waals surface area contributed by atoms with E-state index in [2.05, 4.69) is 16.4 Å². The van der Waals surface area contributed by atoms with Gasteiger partial charge in [0.2, 0.25) is 0 Å². The first kappa shape index (κ1) is 20.3. The smallest absolute Gasteiger partial charge is 0.273 e. The summed E-state index contributed by atoms with van der Waals surface area (Å²) >= 11 is 7.25. The van der Waals surface area contributed by atoms with Crippen LogP contribution in [-0.4, -0.2) is 41.0 Å². The van der Waals surface area contributed by atoms with Gasteiger partial charge in [0.1, 0.15) is 16.5 Å². The van der Waals surface area contributed by atoms with Crippen molar-refractivity contribution in [1.29, 1.82) is 5.26 Å². The number of carbonyl (C=O) groups is 1. The van der Waals surface area contributed by atoms with Crippen LogP contribution in [0.5, 0.6) is 0 Å². The number of nitrogens with zero attached hydrogens (tertiary/aromatic N) is 4. The maximum atomic E-state index is 13.5. The third-order valence-electron chi connectivity index (χ3n) is 4.53. The third-order valence-corrected chi connectivity index (χ3v) is 5.82. The van der Waals surface area contributed by atoms with Crippen LogP contribution in [0.2, 0.25) is 5.02 Å². The van der Waals surface area contributed by atoms with Crippen LogP contribution < -0.4 is 5.32 Å². The SMILES string of the molecule is Cc1nc(Cc2cc(F)cc(Cl)c2)sc1NC(=O)C1=CC(CC#N)N(C)N1C. The van der Waals surface area contributed by atoms with E-state index in [1.807, 2.05) is 19.0 Å². The monoisotopic (exact) mass is 419 g/mol. The summed E-state index contributed by atoms with van der Waals surface area (Å²) in [6, 6.07) is 6.37. The van der Waals surface area contributed by atoms with E-state index >= 15 is 0 Å². The first-order chi connectivity index (χ1) is 13.3. The lowest BCUT2D eigenvalue weighted by Crippen LogP contribution is -2.38. The molecule has 0 aliphatic carbocycles. The number of carbonyl (C=O) groups excluding carboxylic acids is 1. The number of anilines is 1. The fourth-order valence-electron chi connectivity index (χ4n) is 3.00. The lowest BCUT2D eigenvalue weighted by atomic mass is 10.1. The number of benzene rings is 1. The van der Waals surface area contributed by atoms with Crippen LogP contribution in [0.15, 0.2) is 30.0 Å². The molecule has 1 aliphatic heterocycles. The maximum absolute atomic E-state index is 13.5. The van der Waals surface area contributed by atoms with Gasteiger partial charge in [0.25, 0.3) is 5.91 Å². The van der Waals surface area contributed by atoms with Gasteiger partial charge in [0.15, 0.2) is 0 Å². The Bertz CT molecular complexity index is 963. The molecule has 0 radical (unpaired) electrons. The molecule has 28 heavy (non-hydrogen) atoms. The molecule has 146 valence electrons. The summed E-state index contributed by atoms with van der Waals surface area (Å²) in [5, 5.41) is 17.1. The summed E-state index contributed by atoms with van der Waals surface area (Å²) in [6.07, 6.45) is 2.51. The van der Waals surface area contributed by atoms with Gasteiger partial charge >= 0.3 is 0 Å². The zero-order valence-corrected chi connectivity index (χ0v) is 17.2. The largest absolute Gasteiger partial charge is 0.311 e. The minimum Gasteiger partial charge on any atom is -0.311 e. The first-order valence-corrected chi connectivity index (χ1v) is 9.75. The maximum Gasteiger partial charge on any atom is 0.273 e. The van der Waals surface area contributed by atoms with Crippen molar-refractivity contribution in [3.05, 3.63) is 57.1 Å². The van der Waals surface area contributed by atoms with Crippen molar-refractivity contribution in [2.75, 3.05) is 19.4 Å². The van der Waals surface area contributed by atoms with Gasteiger partial charge < -0.3 is 10.3 Å². The predicted molar refractivity (Wildman–Crippen MR) is 107 cm³/mol. The molecule has 0 fully saturated rings. The van der Waals surface area contributed by atoms with E-state index in [0.717, 1.165) is 10.6 Å². The molecule has 1 aromatic heterocycles. The molecule has 6 nitrogen and oxygen atoms in total. The number of amides is 1. The second kappa shape index (κ2) is 8.27. The average Bonchev–Trinajstić information content (AvgIpc) is 3.08. The topological polar surface area (TPSA) is 72.3 Å². The van der Waals surface area contributed by atoms with E-state index in [9.17, 15) is 9.18 Å². The fraction of sp³-hybridized carbons (Fsp3) is 0.316. The number of likely N-dealkylation sites (N-methyl/N-ethyl adjacent to an activating group) is 2. The highest BCUT2D eigenvalue weighted by molar-refractivity contribution is 7.16. The summed E-state index contributed by atoms with van der Waals surface area (Å²) in [6.45, 7) is 1.81. The van der Waals surface area contributed by atoms with E-state index in [1.165, 1.54) is 23.5 Å². The molecule has 9 heteroatoms. The summed E-state index contributed by atoms with van der Waals surface area (Å²) in [5.41, 5.74) is 1.89. The lowest BCUT2D eigenvalue weighted by Gasteiger charge is -2.27. The Morgan fingerprint density at radius 2 is 2.18 bits per heavy atom. The number of halogens is 2. The number of aromatic nitrogens is 1. The highest BCUT2D eigenvalue weighted by Gasteiger charge is 2.30. The van der Waals surface area contributed by atoms with Crippen molar-refractivity contribution in [3.63, 3.8) is 0 Å². The zero-order valence-electron chi connectivity index (χ0n) is 15.7. The van der Waals surface area contributed by atoms with E-state index < -0.39 is 5.82 Å². The number of aryl methyl sites for hydroxylation is 1. The Morgan fingerprint density at radius 1 is 1.43 bits per heavy atom. The summed E-state index contributed by atoms with van der Waals surface area (Å²) in [5.74, 6) is -0.654. The molecule has 1 aliphatic rings. The van der Waals surface area contributed by atoms with Gasteiger partial charge in [0.05, 0.1) is 29.2 Å². The molecule has 1 unspecified atom stereocenters. The normalized spacial score (nSPS) is 16.8. The third kappa shape index (κ3) is 4.33. The van der Waals surface area contributed by atoms with Gasteiger partial charge in [-0.25, -0.2) is 14.4 Å². The number of rotatable bonds is 5. The minimum absolute atomic E-state index is 0.133. The van der Waals surface area contributed by atoms with Crippen LogP contribution in [0.25, 0.3) is 0 Å². The Labute approximate surface area is 171 Å². The number of nitriles is 1. The summed E-state index contributed by atoms with van der Waals surface area (Å²) in [4.78, 5) is 17.2. The van der Waals surface area contributed by atoms with Gasteiger partial charge in [-0.15, -0.1) is 11.3 Å². The lowest BCUT2D eigenvalue weighted by molar-refractivity contribution is -0.115. The molecule has 1 atom stereocenters. The van der Waals surface area contributed by atoms with Crippen LogP contribution in [0.4, 0.5) is 9.39 Å². The highest BCUT2D eigenvalue weighted by Crippen LogP contribution is 2.29. The average molecular weight is 420 g/mol. The number of nitrogens with one attached hydrogen (secondary N) is 1. The molecule has 0 bridgehead atoms. The minimum atomic E-state index is -0.392. The van der Waals surface area contributed by atoms with E-state index in [-0.39, 0.29) is 11.9 Å². The molecular formula is C19H19ClFN5OS. The van der Waals surface area contributed by atoms with Crippen LogP contribution in [0.3, 0.4) is 0 Å². The van der Waals surface area contributed by atoms with Crippen LogP contribution in [-0.2, 0) is 11.2 Å². The van der Waals surface area contributed by atoms with Crippen molar-refractivity contribution < 1.29 is 9.18 Å². The molecule has 0 saturated carbocycles. The number of hydrogen-bond acceptors (Lipinski definition) is 6. The molecule has 3 rings (SSSR count). The molecule has 1 N–H and O–H groups in total. The first-order valence-electron chi connectivity index (χ1n) is 8.56. The molecule has 2 aromatic rings. The van der Waals surface area contributed by atoms with Crippen molar-refractivity contribution in [2.24, 2.45) is 0 Å². The van der Waals surface area contributed by atoms with Crippen LogP contribution >= 0.6 is 22.9 Å². The molecule has 1 amide bonds. The molecule has 0 saturated heterocycles. The van der Waals surface area contributed by atoms with Gasteiger partial charge in [-0.05, 0) is 36.8 Å². The number of thiazole rings is 1. The van der Waals surface area contributed by atoms with E-state index in [1.54, 1.807) is 24.2 Å². The van der Waals surface area contributed by atoms with Crippen LogP contribution in [0, 0.1) is 24.1 Å². The van der Waals surface area contributed by atoms with Crippen molar-refractivity contribution in [2.45, 2.75) is 25.8 Å². The van der Waals surface area contributed by atoms with Crippen LogP contribution in [0.1, 0.15) is 22.7 Å². The quantitative estimate of drug-likeness (QED) is 0.799. The second-order valence-electron chi connectivity index (χ2n) is 6.51. The Kier molecular flexibility index (Phi) is 5.98. The second-order valence-corrected chi connectivity index (χ2v) is 8.03. The fourth-order valence-corrected chi connectivity index (χ4v) is 4.23. The molecule has 2 heterocycles. The van der Waals surface area contributed by atoms with Gasteiger partial charge in [0, 0.05) is 25.5 Å². The van der Waals surface area contributed by atoms with Gasteiger partial charge in [-0.2, -0.15) is 5.26 Å². The zero-order chi connectivity index (χ0) is 20.4. The summed E-state index contributed by atoms with van der Waals surface area (Å²) < 4.78 is 13.5. The number of hydrogen-bond donors (Lipinski definition) is 1. The molecular weight excluding hydrogens is 401 g/mol. The van der Waals surface area contributed by atoms with Crippen molar-refractivity contribution >= 4 is 33.8 Å². The molecule has 0 spiro atoms. The molecule has 1 aromatic carbocycles. The number of hydrazine groups is 1. The highest BCUT2D eigenvalue weighted by atomic mass is 35.5. The standard InChI is InChI=1S/C19H19ClFN5OS/c1-11-19(24-18(27)16-10-15(4-5-22)25(2)26(16)3)28-17(23-11)8-12-6-13(20)9-14(21)7-12/h6-7,9-10,15H,4,8H2,1-3H3,(H,24,27). The Hall–Kier alpha value is -2.47. The van der Waals surface area contributed by atoms with Gasteiger partial charge in [-0.1, -0.05) is 11.6 Å².